The minimum Gasteiger partial charge on any atom is -0.373 e. The van der Waals surface area contributed by atoms with Crippen molar-refractivity contribution in [3.63, 3.8) is 0 Å². The van der Waals surface area contributed by atoms with E-state index in [0.29, 0.717) is 58.8 Å². The van der Waals surface area contributed by atoms with Gasteiger partial charge in [-0.05, 0) is 53.2 Å². The Morgan fingerprint density at radius 1 is 1.10 bits per heavy atom. The van der Waals surface area contributed by atoms with E-state index in [0.717, 1.165) is 6.07 Å². The number of halogens is 6. The summed E-state index contributed by atoms with van der Waals surface area (Å²) in [6, 6.07) is 6.59. The van der Waals surface area contributed by atoms with Crippen LogP contribution in [0.25, 0.3) is 17.0 Å². The number of ether oxygens (including phenoxy) is 1. The number of nitrogens with two attached hydrogens (primary N) is 1. The van der Waals surface area contributed by atoms with Crippen molar-refractivity contribution in [2.45, 2.75) is 25.0 Å². The molecule has 1 saturated heterocycles. The highest BCUT2D eigenvalue weighted by Crippen LogP contribution is 2.38. The molecular weight excluding hydrogens is 548 g/mol. The van der Waals surface area contributed by atoms with E-state index in [2.05, 4.69) is 10.1 Å². The molecule has 7 nitrogen and oxygen atoms in total. The maximum atomic E-state index is 13.6. The van der Waals surface area contributed by atoms with Gasteiger partial charge in [-0.1, -0.05) is 12.1 Å². The third-order valence-corrected chi connectivity index (χ3v) is 7.35. The molecule has 2 aromatic carbocycles. The number of hydrogen-bond acceptors (Lipinski definition) is 6. The summed E-state index contributed by atoms with van der Waals surface area (Å²) >= 11 is 1.24. The Bertz CT molecular complexity index is 1480. The number of carbonyl (C=O) groups excluding carboxylic acids is 1. The van der Waals surface area contributed by atoms with Gasteiger partial charge in [-0.2, -0.15) is 36.4 Å². The van der Waals surface area contributed by atoms with Gasteiger partial charge in [-0.25, -0.2) is 0 Å². The second kappa shape index (κ2) is 10.3. The van der Waals surface area contributed by atoms with E-state index in [1.54, 1.807) is 24.3 Å². The first-order valence-corrected chi connectivity index (χ1v) is 12.6. The largest absolute Gasteiger partial charge is 0.416 e. The fraction of sp³-hybridized carbons (Fsp3) is 0.320. The van der Waals surface area contributed by atoms with Gasteiger partial charge < -0.3 is 15.4 Å². The van der Waals surface area contributed by atoms with Crippen LogP contribution in [0.2, 0.25) is 0 Å². The number of aliphatic imine (C=N–C) groups is 1. The third kappa shape index (κ3) is 5.82. The lowest BCUT2D eigenvalue weighted by Crippen LogP contribution is -2.47. The smallest absolute Gasteiger partial charge is 0.373 e. The first-order valence-electron chi connectivity index (χ1n) is 11.7. The number of thioether (sulfide) groups is 1. The van der Waals surface area contributed by atoms with Crippen LogP contribution >= 0.6 is 11.8 Å². The van der Waals surface area contributed by atoms with Crippen LogP contribution in [0.1, 0.15) is 22.3 Å². The van der Waals surface area contributed by atoms with E-state index in [9.17, 15) is 31.1 Å². The van der Waals surface area contributed by atoms with Crippen LogP contribution in [0.4, 0.5) is 26.3 Å². The average molecular weight is 570 g/mol. The van der Waals surface area contributed by atoms with Crippen LogP contribution in [-0.4, -0.2) is 58.1 Å². The van der Waals surface area contributed by atoms with Gasteiger partial charge in [0.2, 0.25) is 0 Å². The maximum Gasteiger partial charge on any atom is 0.416 e. The molecular formula is C25H21F6N5O2S. The molecule has 2 aliphatic heterocycles. The van der Waals surface area contributed by atoms with Crippen molar-refractivity contribution in [1.82, 2.24) is 14.7 Å². The van der Waals surface area contributed by atoms with Crippen molar-refractivity contribution in [2.75, 3.05) is 26.2 Å². The minimum absolute atomic E-state index is 0.116. The van der Waals surface area contributed by atoms with Crippen LogP contribution in [0, 0.1) is 0 Å². The molecule has 1 fully saturated rings. The van der Waals surface area contributed by atoms with E-state index in [4.69, 9.17) is 10.5 Å². The number of alkyl halides is 6. The number of fused-ring (bicyclic) bond motifs is 1. The van der Waals surface area contributed by atoms with Crippen LogP contribution in [0.5, 0.6) is 0 Å². The van der Waals surface area contributed by atoms with Crippen LogP contribution in [0.15, 0.2) is 52.5 Å². The Hall–Kier alpha value is -3.36. The lowest BCUT2D eigenvalue weighted by Gasteiger charge is -2.32. The molecule has 39 heavy (non-hydrogen) atoms. The molecule has 0 saturated carbocycles. The predicted molar refractivity (Wildman–Crippen MR) is 134 cm³/mol. The average Bonchev–Trinajstić information content (AvgIpc) is 3.45. The Morgan fingerprint density at radius 3 is 2.62 bits per heavy atom. The Kier molecular flexibility index (Phi) is 7.20. The monoisotopic (exact) mass is 569 g/mol. The van der Waals surface area contributed by atoms with Gasteiger partial charge in [0, 0.05) is 25.0 Å². The van der Waals surface area contributed by atoms with Crippen molar-refractivity contribution in [3.8, 4) is 0 Å². The summed E-state index contributed by atoms with van der Waals surface area (Å²) in [6.45, 7) is 1.57. The van der Waals surface area contributed by atoms with Crippen LogP contribution in [0.3, 0.4) is 0 Å². The molecule has 206 valence electrons. The number of amidine groups is 1. The van der Waals surface area contributed by atoms with Gasteiger partial charge in [0.15, 0.2) is 5.17 Å². The van der Waals surface area contributed by atoms with Crippen molar-refractivity contribution in [1.29, 1.82) is 0 Å². The molecule has 3 heterocycles. The van der Waals surface area contributed by atoms with E-state index in [-0.39, 0.29) is 30.2 Å². The topological polar surface area (TPSA) is 85.7 Å². The molecule has 3 aromatic rings. The zero-order chi connectivity index (χ0) is 27.9. The zero-order valence-electron chi connectivity index (χ0n) is 20.1. The summed E-state index contributed by atoms with van der Waals surface area (Å²) in [5.41, 5.74) is 3.73. The van der Waals surface area contributed by atoms with E-state index >= 15 is 0 Å². The van der Waals surface area contributed by atoms with Gasteiger partial charge in [0.25, 0.3) is 5.91 Å². The number of amides is 1. The molecule has 14 heteroatoms. The van der Waals surface area contributed by atoms with E-state index in [1.165, 1.54) is 22.6 Å². The molecule has 0 spiro atoms. The van der Waals surface area contributed by atoms with Gasteiger partial charge >= 0.3 is 12.4 Å². The van der Waals surface area contributed by atoms with Gasteiger partial charge in [-0.15, -0.1) is 0 Å². The summed E-state index contributed by atoms with van der Waals surface area (Å²) in [5, 5.41) is 5.30. The van der Waals surface area contributed by atoms with Crippen LogP contribution in [-0.2, 0) is 28.4 Å². The Labute approximate surface area is 222 Å². The van der Waals surface area contributed by atoms with Crippen molar-refractivity contribution in [2.24, 2.45) is 10.7 Å². The SMILES string of the molecule is NCC1CN(C2=NC(=O)C(=Cc3ccc4c(cnn4Cc4ccc(C(F)(F)F)cc4C(F)(F)F)c3)S2)CCO1. The first kappa shape index (κ1) is 27.2. The molecule has 1 unspecified atom stereocenters. The van der Waals surface area contributed by atoms with Crippen molar-refractivity contribution >= 4 is 39.8 Å². The van der Waals surface area contributed by atoms with Crippen molar-refractivity contribution in [3.05, 3.63) is 69.8 Å². The third-order valence-electron chi connectivity index (χ3n) is 6.31. The fourth-order valence-electron chi connectivity index (χ4n) is 4.36. The first-order chi connectivity index (χ1) is 18.4. The Morgan fingerprint density at radius 2 is 1.90 bits per heavy atom. The predicted octanol–water partition coefficient (Wildman–Crippen LogP) is 4.75. The molecule has 2 aliphatic rings. The summed E-state index contributed by atoms with van der Waals surface area (Å²) in [4.78, 5) is 19.0. The van der Waals surface area contributed by atoms with Crippen LogP contribution < -0.4 is 5.73 Å². The maximum absolute atomic E-state index is 13.6. The molecule has 1 aromatic heterocycles. The minimum atomic E-state index is -4.97. The zero-order valence-corrected chi connectivity index (χ0v) is 20.9. The highest BCUT2D eigenvalue weighted by atomic mass is 32.2. The summed E-state index contributed by atoms with van der Waals surface area (Å²) in [5.74, 6) is -0.386. The highest BCUT2D eigenvalue weighted by molar-refractivity contribution is 8.18. The summed E-state index contributed by atoms with van der Waals surface area (Å²) in [6.07, 6.45) is -6.90. The quantitative estimate of drug-likeness (QED) is 0.361. The Balaban J connectivity index is 1.36. The van der Waals surface area contributed by atoms with Gasteiger partial charge in [0.05, 0.1) is 47.0 Å². The lowest BCUT2D eigenvalue weighted by molar-refractivity contribution is -0.143. The summed E-state index contributed by atoms with van der Waals surface area (Å²) in [7, 11) is 0. The second-order valence-electron chi connectivity index (χ2n) is 8.97. The number of carbonyl (C=O) groups is 1. The number of aromatic nitrogens is 2. The normalized spacial score (nSPS) is 19.8. The molecule has 5 rings (SSSR count). The highest BCUT2D eigenvalue weighted by Gasteiger charge is 2.38. The number of benzene rings is 2. The standard InChI is InChI=1S/C25H21F6N5O2S/c26-24(27,28)17-3-2-15(19(9-17)25(29,30)31)12-36-20-4-1-14(7-16(20)11-33-36)8-21-22(37)34-23(39-21)35-5-6-38-18(10-32)13-35/h1-4,7-9,11,18H,5-6,10,12-13,32H2. The lowest BCUT2D eigenvalue weighted by atomic mass is 10.0. The molecule has 0 radical (unpaired) electrons. The molecule has 1 amide bonds. The molecule has 2 N–H and O–H groups in total. The second-order valence-corrected chi connectivity index (χ2v) is 9.98. The van der Waals surface area contributed by atoms with Gasteiger partial charge in [0.1, 0.15) is 0 Å². The number of rotatable bonds is 4. The summed E-state index contributed by atoms with van der Waals surface area (Å²) < 4.78 is 86.5. The van der Waals surface area contributed by atoms with Gasteiger partial charge in [-0.3, -0.25) is 9.48 Å². The number of nitrogens with zero attached hydrogens (tertiary/aromatic N) is 4. The van der Waals surface area contributed by atoms with E-state index in [1.807, 2.05) is 4.90 Å². The molecule has 1 atom stereocenters. The molecule has 0 bridgehead atoms. The van der Waals surface area contributed by atoms with Crippen molar-refractivity contribution < 1.29 is 35.9 Å². The number of morpholine rings is 1. The molecule has 0 aliphatic carbocycles. The fourth-order valence-corrected chi connectivity index (χ4v) is 5.31. The number of hydrogen-bond donors (Lipinski definition) is 1. The van der Waals surface area contributed by atoms with E-state index < -0.39 is 23.5 Å².